The van der Waals surface area contributed by atoms with Crippen LogP contribution in [-0.4, -0.2) is 30.2 Å². The van der Waals surface area contributed by atoms with Crippen LogP contribution in [0.1, 0.15) is 30.4 Å². The summed E-state index contributed by atoms with van der Waals surface area (Å²) in [6.45, 7) is 2.14. The molecule has 2 atom stereocenters. The smallest absolute Gasteiger partial charge is 0.145 e. The summed E-state index contributed by atoms with van der Waals surface area (Å²) in [6.07, 6.45) is 3.74. The number of benzene rings is 1. The van der Waals surface area contributed by atoms with Crippen LogP contribution in [0.4, 0.5) is 4.39 Å². The number of nitriles is 1. The highest BCUT2D eigenvalue weighted by Crippen LogP contribution is 2.31. The molecule has 0 aromatic heterocycles. The molecule has 19 heavy (non-hydrogen) atoms. The Kier molecular flexibility index (Phi) is 3.50. The van der Waals surface area contributed by atoms with E-state index in [2.05, 4.69) is 4.90 Å². The van der Waals surface area contributed by atoms with Crippen molar-refractivity contribution in [1.29, 1.82) is 5.26 Å². The van der Waals surface area contributed by atoms with Crippen molar-refractivity contribution in [3.05, 3.63) is 35.1 Å². The van der Waals surface area contributed by atoms with E-state index in [0.717, 1.165) is 26.0 Å². The van der Waals surface area contributed by atoms with Crippen LogP contribution in [0.5, 0.6) is 0 Å². The fraction of sp³-hybridized carbons (Fsp3) is 0.533. The zero-order valence-corrected chi connectivity index (χ0v) is 10.8. The third kappa shape index (κ3) is 2.36. The van der Waals surface area contributed by atoms with Gasteiger partial charge in [0.1, 0.15) is 11.9 Å². The van der Waals surface area contributed by atoms with Crippen molar-refractivity contribution in [3.63, 3.8) is 0 Å². The van der Waals surface area contributed by atoms with Gasteiger partial charge in [0.05, 0.1) is 18.3 Å². The van der Waals surface area contributed by atoms with Crippen molar-refractivity contribution in [2.75, 3.05) is 13.2 Å². The van der Waals surface area contributed by atoms with Gasteiger partial charge in [0.15, 0.2) is 0 Å². The molecule has 1 saturated heterocycles. The summed E-state index contributed by atoms with van der Waals surface area (Å²) in [4.78, 5) is 2.31. The monoisotopic (exact) mass is 260 g/mol. The molecule has 0 spiro atoms. The third-order valence-corrected chi connectivity index (χ3v) is 4.17. The first-order valence-electron chi connectivity index (χ1n) is 6.83. The maximum atomic E-state index is 14.1. The number of nitrogens with zero attached hydrogens (tertiary/aromatic N) is 2. The molecular formula is C15H17FN2O. The largest absolute Gasteiger partial charge is 0.375 e. The SMILES string of the molecule is N#Cc1cccc(CN2CCOC3CCCC32)c1F. The van der Waals surface area contributed by atoms with Crippen LogP contribution in [-0.2, 0) is 11.3 Å². The highest BCUT2D eigenvalue weighted by atomic mass is 19.1. The van der Waals surface area contributed by atoms with E-state index in [-0.39, 0.29) is 11.4 Å². The van der Waals surface area contributed by atoms with Crippen LogP contribution in [0.15, 0.2) is 18.2 Å². The predicted octanol–water partition coefficient (Wildman–Crippen LogP) is 2.45. The molecule has 1 aromatic rings. The third-order valence-electron chi connectivity index (χ3n) is 4.17. The maximum absolute atomic E-state index is 14.1. The Hall–Kier alpha value is -1.44. The van der Waals surface area contributed by atoms with E-state index in [1.807, 2.05) is 6.07 Å². The predicted molar refractivity (Wildman–Crippen MR) is 68.9 cm³/mol. The fourth-order valence-corrected chi connectivity index (χ4v) is 3.21. The number of ether oxygens (including phenoxy) is 1. The van der Waals surface area contributed by atoms with Crippen LogP contribution in [0.2, 0.25) is 0 Å². The van der Waals surface area contributed by atoms with Gasteiger partial charge in [-0.1, -0.05) is 12.1 Å². The molecule has 1 saturated carbocycles. The molecule has 4 heteroatoms. The molecule has 3 rings (SSSR count). The van der Waals surface area contributed by atoms with Gasteiger partial charge in [-0.15, -0.1) is 0 Å². The fourth-order valence-electron chi connectivity index (χ4n) is 3.21. The molecule has 3 nitrogen and oxygen atoms in total. The summed E-state index contributed by atoms with van der Waals surface area (Å²) in [6, 6.07) is 7.37. The van der Waals surface area contributed by atoms with Gasteiger partial charge >= 0.3 is 0 Å². The molecule has 2 unspecified atom stereocenters. The number of rotatable bonds is 2. The van der Waals surface area contributed by atoms with Gasteiger partial charge in [-0.2, -0.15) is 5.26 Å². The summed E-state index contributed by atoms with van der Waals surface area (Å²) in [5.74, 6) is -0.369. The second kappa shape index (κ2) is 5.28. The quantitative estimate of drug-likeness (QED) is 0.819. The lowest BCUT2D eigenvalue weighted by molar-refractivity contribution is -0.0591. The highest BCUT2D eigenvalue weighted by molar-refractivity contribution is 5.35. The molecule has 1 aliphatic carbocycles. The molecule has 0 bridgehead atoms. The van der Waals surface area contributed by atoms with Crippen molar-refractivity contribution in [3.8, 4) is 6.07 Å². The first-order valence-corrected chi connectivity index (χ1v) is 6.83. The Bertz CT molecular complexity index is 511. The summed E-state index contributed by atoms with van der Waals surface area (Å²) in [5, 5.41) is 8.88. The van der Waals surface area contributed by atoms with E-state index in [1.165, 1.54) is 12.5 Å². The van der Waals surface area contributed by atoms with Gasteiger partial charge in [0.25, 0.3) is 0 Å². The van der Waals surface area contributed by atoms with Crippen molar-refractivity contribution < 1.29 is 9.13 Å². The first-order chi connectivity index (χ1) is 9.29. The molecule has 1 heterocycles. The molecule has 2 aliphatic rings. The highest BCUT2D eigenvalue weighted by Gasteiger charge is 2.36. The van der Waals surface area contributed by atoms with E-state index < -0.39 is 0 Å². The Morgan fingerprint density at radius 3 is 3.16 bits per heavy atom. The zero-order valence-electron chi connectivity index (χ0n) is 10.8. The van der Waals surface area contributed by atoms with Crippen molar-refractivity contribution in [2.24, 2.45) is 0 Å². The van der Waals surface area contributed by atoms with Gasteiger partial charge in [-0.05, 0) is 25.3 Å². The lowest BCUT2D eigenvalue weighted by Crippen LogP contribution is -2.47. The lowest BCUT2D eigenvalue weighted by atomic mass is 10.1. The van der Waals surface area contributed by atoms with E-state index in [4.69, 9.17) is 10.00 Å². The number of hydrogen-bond donors (Lipinski definition) is 0. The molecule has 0 N–H and O–H groups in total. The molecule has 100 valence electrons. The second-order valence-electron chi connectivity index (χ2n) is 5.27. The van der Waals surface area contributed by atoms with Crippen molar-refractivity contribution in [1.82, 2.24) is 4.90 Å². The van der Waals surface area contributed by atoms with Gasteiger partial charge < -0.3 is 4.74 Å². The number of fused-ring (bicyclic) bond motifs is 1. The number of morpholine rings is 1. The minimum Gasteiger partial charge on any atom is -0.375 e. The summed E-state index contributed by atoms with van der Waals surface area (Å²) < 4.78 is 19.8. The van der Waals surface area contributed by atoms with Crippen LogP contribution < -0.4 is 0 Å². The standard InChI is InChI=1S/C15H17FN2O/c16-15-11(9-17)3-1-4-12(15)10-18-7-8-19-14-6-2-5-13(14)18/h1,3-4,13-14H,2,5-8,10H2. The summed E-state index contributed by atoms with van der Waals surface area (Å²) >= 11 is 0. The first kappa shape index (κ1) is 12.6. The molecule has 0 amide bonds. The average molecular weight is 260 g/mol. The van der Waals surface area contributed by atoms with Gasteiger partial charge in [-0.3, -0.25) is 4.90 Å². The molecule has 1 aliphatic heterocycles. The number of hydrogen-bond acceptors (Lipinski definition) is 3. The van der Waals surface area contributed by atoms with E-state index in [0.29, 0.717) is 24.3 Å². The Morgan fingerprint density at radius 1 is 1.42 bits per heavy atom. The van der Waals surface area contributed by atoms with Crippen LogP contribution in [0.3, 0.4) is 0 Å². The maximum Gasteiger partial charge on any atom is 0.145 e. The molecule has 2 fully saturated rings. The minimum absolute atomic E-state index is 0.133. The Balaban J connectivity index is 1.79. The summed E-state index contributed by atoms with van der Waals surface area (Å²) in [7, 11) is 0. The Labute approximate surface area is 112 Å². The summed E-state index contributed by atoms with van der Waals surface area (Å²) in [5.41, 5.74) is 0.750. The van der Waals surface area contributed by atoms with E-state index >= 15 is 0 Å². The lowest BCUT2D eigenvalue weighted by Gasteiger charge is -2.37. The Morgan fingerprint density at radius 2 is 2.32 bits per heavy atom. The zero-order chi connectivity index (χ0) is 13.2. The normalized spacial score (nSPS) is 26.9. The average Bonchev–Trinajstić information content (AvgIpc) is 2.90. The van der Waals surface area contributed by atoms with Crippen LogP contribution >= 0.6 is 0 Å². The van der Waals surface area contributed by atoms with Gasteiger partial charge in [-0.25, -0.2) is 4.39 Å². The number of halogens is 1. The minimum atomic E-state index is -0.369. The molecular weight excluding hydrogens is 243 g/mol. The molecule has 1 aromatic carbocycles. The van der Waals surface area contributed by atoms with Crippen molar-refractivity contribution in [2.45, 2.75) is 38.0 Å². The molecule has 0 radical (unpaired) electrons. The van der Waals surface area contributed by atoms with Crippen LogP contribution in [0, 0.1) is 17.1 Å². The van der Waals surface area contributed by atoms with E-state index in [9.17, 15) is 4.39 Å². The van der Waals surface area contributed by atoms with Gasteiger partial charge in [0.2, 0.25) is 0 Å². The van der Waals surface area contributed by atoms with E-state index in [1.54, 1.807) is 12.1 Å². The van der Waals surface area contributed by atoms with Gasteiger partial charge in [0, 0.05) is 24.7 Å². The van der Waals surface area contributed by atoms with Crippen molar-refractivity contribution >= 4 is 0 Å². The van der Waals surface area contributed by atoms with Crippen LogP contribution in [0.25, 0.3) is 0 Å². The second-order valence-corrected chi connectivity index (χ2v) is 5.27. The topological polar surface area (TPSA) is 36.3 Å².